The molecule has 1 fully saturated rings. The van der Waals surface area contributed by atoms with Crippen LogP contribution in [-0.2, 0) is 6.54 Å². The van der Waals surface area contributed by atoms with Crippen molar-refractivity contribution in [3.63, 3.8) is 0 Å². The van der Waals surface area contributed by atoms with E-state index in [1.165, 1.54) is 24.5 Å². The van der Waals surface area contributed by atoms with E-state index in [4.69, 9.17) is 0 Å². The molecule has 0 amide bonds. The molecule has 0 atom stereocenters. The summed E-state index contributed by atoms with van der Waals surface area (Å²) in [6.07, 6.45) is 2.61. The molecule has 3 rings (SSSR count). The number of halogens is 1. The lowest BCUT2D eigenvalue weighted by Crippen LogP contribution is -2.17. The quantitative estimate of drug-likeness (QED) is 0.853. The van der Waals surface area contributed by atoms with E-state index in [9.17, 15) is 4.39 Å². The maximum absolute atomic E-state index is 13.4. The Balaban J connectivity index is 1.73. The monoisotopic (exact) mass is 284 g/mol. The van der Waals surface area contributed by atoms with E-state index in [0.29, 0.717) is 0 Å². The number of anilines is 2. The van der Waals surface area contributed by atoms with Crippen molar-refractivity contribution in [2.45, 2.75) is 32.4 Å². The van der Waals surface area contributed by atoms with Gasteiger partial charge in [-0.3, -0.25) is 0 Å². The molecular weight excluding hydrogens is 263 g/mol. The van der Waals surface area contributed by atoms with Crippen LogP contribution in [0.15, 0.2) is 48.5 Å². The molecule has 3 heteroatoms. The van der Waals surface area contributed by atoms with Crippen molar-refractivity contribution >= 4 is 11.4 Å². The van der Waals surface area contributed by atoms with Gasteiger partial charge in [0, 0.05) is 30.5 Å². The number of hydrogen-bond donors (Lipinski definition) is 1. The summed E-state index contributed by atoms with van der Waals surface area (Å²) in [7, 11) is 0. The zero-order valence-electron chi connectivity index (χ0n) is 12.3. The third-order valence-electron chi connectivity index (χ3n) is 3.86. The van der Waals surface area contributed by atoms with Gasteiger partial charge >= 0.3 is 0 Å². The minimum absolute atomic E-state index is 0.198. The Hall–Kier alpha value is -1.87. The second kappa shape index (κ2) is 6.27. The number of rotatable bonds is 6. The molecule has 1 N–H and O–H groups in total. The fourth-order valence-corrected chi connectivity index (χ4v) is 2.50. The highest BCUT2D eigenvalue weighted by Gasteiger charge is 2.19. The number of benzene rings is 2. The lowest BCUT2D eigenvalue weighted by Gasteiger charge is -2.23. The average molecular weight is 284 g/mol. The van der Waals surface area contributed by atoms with E-state index < -0.39 is 0 Å². The smallest absolute Gasteiger partial charge is 0.125 e. The first-order valence-corrected chi connectivity index (χ1v) is 7.61. The Labute approximate surface area is 125 Å². The van der Waals surface area contributed by atoms with Crippen LogP contribution in [-0.4, -0.2) is 12.6 Å². The molecule has 0 heterocycles. The summed E-state index contributed by atoms with van der Waals surface area (Å²) >= 11 is 0. The van der Waals surface area contributed by atoms with Crippen molar-refractivity contribution in [2.75, 3.05) is 11.4 Å². The van der Waals surface area contributed by atoms with Gasteiger partial charge in [-0.05, 0) is 55.7 Å². The molecule has 2 nitrogen and oxygen atoms in total. The minimum atomic E-state index is -0.198. The SMILES string of the molecule is CCN(c1ccc(CNC2CC2)cc1)c1cccc(F)c1. The predicted molar refractivity (Wildman–Crippen MR) is 85.4 cm³/mol. The molecule has 0 unspecified atom stereocenters. The van der Waals surface area contributed by atoms with Crippen LogP contribution >= 0.6 is 0 Å². The molecule has 1 aliphatic carbocycles. The van der Waals surface area contributed by atoms with Crippen molar-refractivity contribution in [2.24, 2.45) is 0 Å². The Morgan fingerprint density at radius 3 is 2.48 bits per heavy atom. The van der Waals surface area contributed by atoms with Crippen LogP contribution in [0.4, 0.5) is 15.8 Å². The van der Waals surface area contributed by atoms with Crippen LogP contribution in [0.5, 0.6) is 0 Å². The summed E-state index contributed by atoms with van der Waals surface area (Å²) in [4.78, 5) is 2.11. The fraction of sp³-hybridized carbons (Fsp3) is 0.333. The molecule has 21 heavy (non-hydrogen) atoms. The molecule has 0 radical (unpaired) electrons. The van der Waals surface area contributed by atoms with E-state index in [-0.39, 0.29) is 5.82 Å². The van der Waals surface area contributed by atoms with Crippen molar-refractivity contribution in [3.05, 3.63) is 59.9 Å². The van der Waals surface area contributed by atoms with Crippen LogP contribution in [0.25, 0.3) is 0 Å². The van der Waals surface area contributed by atoms with Gasteiger partial charge in [-0.25, -0.2) is 4.39 Å². The second-order valence-electron chi connectivity index (χ2n) is 5.55. The Morgan fingerprint density at radius 1 is 1.10 bits per heavy atom. The summed E-state index contributed by atoms with van der Waals surface area (Å²) in [5.74, 6) is -0.198. The van der Waals surface area contributed by atoms with Crippen molar-refractivity contribution in [1.82, 2.24) is 5.32 Å². The summed E-state index contributed by atoms with van der Waals surface area (Å²) in [5.41, 5.74) is 3.28. The fourth-order valence-electron chi connectivity index (χ4n) is 2.50. The zero-order valence-corrected chi connectivity index (χ0v) is 12.3. The standard InChI is InChI=1S/C18H21FN2/c1-2-21(18-5-3-4-15(19)12-18)17-10-6-14(7-11-17)13-20-16-8-9-16/h3-7,10-12,16,20H,2,8-9,13H2,1H3. The molecule has 0 aromatic heterocycles. The van der Waals surface area contributed by atoms with Crippen molar-refractivity contribution < 1.29 is 4.39 Å². The van der Waals surface area contributed by atoms with E-state index in [1.54, 1.807) is 12.1 Å². The highest BCUT2D eigenvalue weighted by molar-refractivity contribution is 5.63. The van der Waals surface area contributed by atoms with Crippen LogP contribution in [0.1, 0.15) is 25.3 Å². The normalized spacial score (nSPS) is 14.2. The van der Waals surface area contributed by atoms with Gasteiger partial charge in [0.2, 0.25) is 0 Å². The van der Waals surface area contributed by atoms with Gasteiger partial charge in [-0.1, -0.05) is 18.2 Å². The molecule has 1 saturated carbocycles. The highest BCUT2D eigenvalue weighted by atomic mass is 19.1. The van der Waals surface area contributed by atoms with Gasteiger partial charge < -0.3 is 10.2 Å². The maximum atomic E-state index is 13.4. The lowest BCUT2D eigenvalue weighted by atomic mass is 10.1. The third-order valence-corrected chi connectivity index (χ3v) is 3.86. The lowest BCUT2D eigenvalue weighted by molar-refractivity contribution is 0.627. The number of hydrogen-bond acceptors (Lipinski definition) is 2. The molecule has 2 aromatic carbocycles. The van der Waals surface area contributed by atoms with Crippen molar-refractivity contribution in [3.8, 4) is 0 Å². The average Bonchev–Trinajstić information content (AvgIpc) is 3.32. The zero-order chi connectivity index (χ0) is 14.7. The van der Waals surface area contributed by atoms with Crippen LogP contribution in [0.2, 0.25) is 0 Å². The van der Waals surface area contributed by atoms with Crippen LogP contribution < -0.4 is 10.2 Å². The predicted octanol–water partition coefficient (Wildman–Crippen LogP) is 4.24. The van der Waals surface area contributed by atoms with Gasteiger partial charge in [0.25, 0.3) is 0 Å². The first kappa shape index (κ1) is 14.1. The van der Waals surface area contributed by atoms with Crippen LogP contribution in [0, 0.1) is 5.82 Å². The van der Waals surface area contributed by atoms with E-state index in [0.717, 1.165) is 30.5 Å². The maximum Gasteiger partial charge on any atom is 0.125 e. The van der Waals surface area contributed by atoms with E-state index in [2.05, 4.69) is 41.4 Å². The topological polar surface area (TPSA) is 15.3 Å². The summed E-state index contributed by atoms with van der Waals surface area (Å²) in [6.45, 7) is 3.81. The Kier molecular flexibility index (Phi) is 4.20. The second-order valence-corrected chi connectivity index (χ2v) is 5.55. The van der Waals surface area contributed by atoms with Gasteiger partial charge in [0.15, 0.2) is 0 Å². The van der Waals surface area contributed by atoms with Gasteiger partial charge in [-0.15, -0.1) is 0 Å². The largest absolute Gasteiger partial charge is 0.342 e. The number of nitrogens with one attached hydrogen (secondary N) is 1. The molecule has 0 bridgehead atoms. The van der Waals surface area contributed by atoms with Gasteiger partial charge in [-0.2, -0.15) is 0 Å². The van der Waals surface area contributed by atoms with E-state index >= 15 is 0 Å². The first-order valence-electron chi connectivity index (χ1n) is 7.61. The van der Waals surface area contributed by atoms with Crippen LogP contribution in [0.3, 0.4) is 0 Å². The Bertz CT molecular complexity index is 590. The molecule has 110 valence electrons. The molecule has 0 aliphatic heterocycles. The summed E-state index contributed by atoms with van der Waals surface area (Å²) < 4.78 is 13.4. The molecule has 0 spiro atoms. The van der Waals surface area contributed by atoms with Crippen molar-refractivity contribution in [1.29, 1.82) is 0 Å². The summed E-state index contributed by atoms with van der Waals surface area (Å²) in [5, 5.41) is 3.51. The first-order chi connectivity index (χ1) is 10.3. The molecule has 0 saturated heterocycles. The molecule has 1 aliphatic rings. The molecule has 2 aromatic rings. The van der Waals surface area contributed by atoms with Gasteiger partial charge in [0.05, 0.1) is 0 Å². The van der Waals surface area contributed by atoms with Gasteiger partial charge in [0.1, 0.15) is 5.82 Å². The Morgan fingerprint density at radius 2 is 1.86 bits per heavy atom. The molecular formula is C18H21FN2. The van der Waals surface area contributed by atoms with E-state index in [1.807, 2.05) is 6.07 Å². The highest BCUT2D eigenvalue weighted by Crippen LogP contribution is 2.26. The third kappa shape index (κ3) is 3.61. The number of nitrogens with zero attached hydrogens (tertiary/aromatic N) is 1. The minimum Gasteiger partial charge on any atom is -0.342 e. The summed E-state index contributed by atoms with van der Waals surface area (Å²) in [6, 6.07) is 16.0.